The number of amides is 1. The number of rotatable bonds is 5. The summed E-state index contributed by atoms with van der Waals surface area (Å²) in [5.74, 6) is -0.953. The molecule has 1 aliphatic heterocycles. The first-order valence-electron chi connectivity index (χ1n) is 6.35. The number of carbonyl (C=O) groups is 1. The second-order valence-corrected chi connectivity index (χ2v) is 4.49. The molecule has 20 heavy (non-hydrogen) atoms. The molecule has 0 bridgehead atoms. The number of hydrogen-bond acceptors (Lipinski definition) is 5. The van der Waals surface area contributed by atoms with Crippen LogP contribution in [-0.4, -0.2) is 45.4 Å². The maximum atomic E-state index is 11.8. The van der Waals surface area contributed by atoms with E-state index in [1.807, 2.05) is 30.3 Å². The molecule has 1 amide bonds. The Labute approximate surface area is 118 Å². The van der Waals surface area contributed by atoms with Gasteiger partial charge < -0.3 is 24.3 Å². The van der Waals surface area contributed by atoms with Gasteiger partial charge in [0, 0.05) is 14.2 Å². The summed E-state index contributed by atoms with van der Waals surface area (Å²) < 4.78 is 21.1. The molecule has 1 heterocycles. The summed E-state index contributed by atoms with van der Waals surface area (Å²) in [6, 6.07) is 9.07. The highest BCUT2D eigenvalue weighted by molar-refractivity contribution is 5.67. The summed E-state index contributed by atoms with van der Waals surface area (Å²) in [5.41, 5.74) is 0.926. The van der Waals surface area contributed by atoms with Crippen LogP contribution >= 0.6 is 0 Å². The minimum atomic E-state index is -0.953. The average molecular weight is 281 g/mol. The van der Waals surface area contributed by atoms with Gasteiger partial charge in [-0.3, -0.25) is 0 Å². The lowest BCUT2D eigenvalue weighted by molar-refractivity contribution is -0.212. The maximum absolute atomic E-state index is 11.8. The molecule has 1 fully saturated rings. The molecule has 1 aromatic rings. The van der Waals surface area contributed by atoms with Crippen LogP contribution in [0.4, 0.5) is 4.79 Å². The van der Waals surface area contributed by atoms with Crippen LogP contribution in [0, 0.1) is 0 Å². The monoisotopic (exact) mass is 281 g/mol. The number of nitrogens with one attached hydrogen (secondary N) is 1. The van der Waals surface area contributed by atoms with E-state index in [9.17, 15) is 4.79 Å². The van der Waals surface area contributed by atoms with Crippen LogP contribution in [-0.2, 0) is 25.6 Å². The Morgan fingerprint density at radius 3 is 2.70 bits per heavy atom. The van der Waals surface area contributed by atoms with E-state index in [-0.39, 0.29) is 13.2 Å². The number of ether oxygens (including phenoxy) is 4. The van der Waals surface area contributed by atoms with Gasteiger partial charge in [0.2, 0.25) is 5.79 Å². The third-order valence-corrected chi connectivity index (χ3v) is 3.31. The Bertz CT molecular complexity index is 432. The minimum Gasteiger partial charge on any atom is -0.445 e. The maximum Gasteiger partial charge on any atom is 0.407 e. The number of hydrogen-bond donors (Lipinski definition) is 1. The second-order valence-electron chi connectivity index (χ2n) is 4.49. The standard InChI is InChI=1S/C14H19NO5/c1-17-14(18-2)10-19-9-12(14)15-13(16)20-8-11-6-4-3-5-7-11/h3-7,12H,8-10H2,1-2H3,(H,15,16). The summed E-state index contributed by atoms with van der Waals surface area (Å²) >= 11 is 0. The highest BCUT2D eigenvalue weighted by atomic mass is 16.7. The molecule has 110 valence electrons. The second kappa shape index (κ2) is 6.69. The van der Waals surface area contributed by atoms with Crippen LogP contribution in [0.15, 0.2) is 30.3 Å². The first kappa shape index (κ1) is 14.8. The predicted octanol–water partition coefficient (Wildman–Crippen LogP) is 1.30. The Morgan fingerprint density at radius 1 is 1.35 bits per heavy atom. The molecule has 6 heteroatoms. The van der Waals surface area contributed by atoms with Gasteiger partial charge in [-0.05, 0) is 5.56 Å². The third-order valence-electron chi connectivity index (χ3n) is 3.31. The Kier molecular flexibility index (Phi) is 4.94. The number of carbonyl (C=O) groups excluding carboxylic acids is 1. The van der Waals surface area contributed by atoms with Gasteiger partial charge in [0.25, 0.3) is 0 Å². The van der Waals surface area contributed by atoms with Crippen LogP contribution in [0.1, 0.15) is 5.56 Å². The fourth-order valence-electron chi connectivity index (χ4n) is 2.09. The normalized spacial score (nSPS) is 20.6. The van der Waals surface area contributed by atoms with Crippen molar-refractivity contribution in [2.45, 2.75) is 18.4 Å². The van der Waals surface area contributed by atoms with E-state index in [2.05, 4.69) is 5.32 Å². The molecule has 0 spiro atoms. The molecule has 0 aromatic heterocycles. The minimum absolute atomic E-state index is 0.215. The van der Waals surface area contributed by atoms with Crippen LogP contribution in [0.3, 0.4) is 0 Å². The van der Waals surface area contributed by atoms with Gasteiger partial charge in [0.1, 0.15) is 19.3 Å². The highest BCUT2D eigenvalue weighted by Gasteiger charge is 2.46. The average Bonchev–Trinajstić information content (AvgIpc) is 2.89. The van der Waals surface area contributed by atoms with E-state index < -0.39 is 17.9 Å². The number of alkyl carbamates (subject to hydrolysis) is 1. The van der Waals surface area contributed by atoms with Gasteiger partial charge in [-0.25, -0.2) is 4.79 Å². The molecule has 6 nitrogen and oxygen atoms in total. The lowest BCUT2D eigenvalue weighted by Crippen LogP contribution is -2.54. The zero-order valence-electron chi connectivity index (χ0n) is 11.6. The molecule has 2 rings (SSSR count). The smallest absolute Gasteiger partial charge is 0.407 e. The van der Waals surface area contributed by atoms with E-state index >= 15 is 0 Å². The zero-order valence-corrected chi connectivity index (χ0v) is 11.6. The van der Waals surface area contributed by atoms with Gasteiger partial charge in [0.15, 0.2) is 0 Å². The van der Waals surface area contributed by atoms with Gasteiger partial charge in [-0.2, -0.15) is 0 Å². The van der Waals surface area contributed by atoms with Crippen molar-refractivity contribution in [3.8, 4) is 0 Å². The van der Waals surface area contributed by atoms with Crippen LogP contribution in [0.25, 0.3) is 0 Å². The van der Waals surface area contributed by atoms with Crippen LogP contribution in [0.2, 0.25) is 0 Å². The molecule has 0 aliphatic carbocycles. The number of benzene rings is 1. The van der Waals surface area contributed by atoms with Crippen molar-refractivity contribution >= 4 is 6.09 Å². The van der Waals surface area contributed by atoms with Gasteiger partial charge in [-0.15, -0.1) is 0 Å². The Balaban J connectivity index is 1.85. The van der Waals surface area contributed by atoms with Crippen molar-refractivity contribution in [3.63, 3.8) is 0 Å². The van der Waals surface area contributed by atoms with E-state index in [4.69, 9.17) is 18.9 Å². The van der Waals surface area contributed by atoms with Gasteiger partial charge in [0.05, 0.1) is 6.61 Å². The van der Waals surface area contributed by atoms with Gasteiger partial charge >= 0.3 is 6.09 Å². The fourth-order valence-corrected chi connectivity index (χ4v) is 2.09. The summed E-state index contributed by atoms with van der Waals surface area (Å²) in [5, 5.41) is 2.71. The first-order valence-corrected chi connectivity index (χ1v) is 6.35. The molecule has 0 saturated carbocycles. The predicted molar refractivity (Wildman–Crippen MR) is 71.1 cm³/mol. The summed E-state index contributed by atoms with van der Waals surface area (Å²) in [6.07, 6.45) is -0.525. The quantitative estimate of drug-likeness (QED) is 0.824. The number of methoxy groups -OCH3 is 2. The summed E-state index contributed by atoms with van der Waals surface area (Å²) in [7, 11) is 3.03. The Hall–Kier alpha value is -1.63. The molecule has 1 N–H and O–H groups in total. The topological polar surface area (TPSA) is 66.0 Å². The third kappa shape index (κ3) is 3.27. The fraction of sp³-hybridized carbons (Fsp3) is 0.500. The van der Waals surface area contributed by atoms with Crippen molar-refractivity contribution in [1.82, 2.24) is 5.32 Å². The molecule has 1 aliphatic rings. The van der Waals surface area contributed by atoms with E-state index in [1.54, 1.807) is 0 Å². The van der Waals surface area contributed by atoms with Crippen molar-refractivity contribution < 1.29 is 23.7 Å². The molecule has 1 saturated heterocycles. The van der Waals surface area contributed by atoms with E-state index in [0.29, 0.717) is 6.61 Å². The van der Waals surface area contributed by atoms with Crippen molar-refractivity contribution in [1.29, 1.82) is 0 Å². The Morgan fingerprint density at radius 2 is 2.05 bits per heavy atom. The summed E-state index contributed by atoms with van der Waals surface area (Å²) in [6.45, 7) is 0.805. The van der Waals surface area contributed by atoms with Gasteiger partial charge in [-0.1, -0.05) is 30.3 Å². The highest BCUT2D eigenvalue weighted by Crippen LogP contribution is 2.23. The molecule has 1 atom stereocenters. The van der Waals surface area contributed by atoms with Crippen LogP contribution < -0.4 is 5.32 Å². The van der Waals surface area contributed by atoms with E-state index in [1.165, 1.54) is 14.2 Å². The zero-order chi connectivity index (χ0) is 14.4. The molecular weight excluding hydrogens is 262 g/mol. The largest absolute Gasteiger partial charge is 0.445 e. The lowest BCUT2D eigenvalue weighted by Gasteiger charge is -2.30. The summed E-state index contributed by atoms with van der Waals surface area (Å²) in [4.78, 5) is 11.8. The molecular formula is C14H19NO5. The molecule has 1 unspecified atom stereocenters. The molecule has 1 aromatic carbocycles. The van der Waals surface area contributed by atoms with Crippen LogP contribution in [0.5, 0.6) is 0 Å². The van der Waals surface area contributed by atoms with Crippen molar-refractivity contribution in [3.05, 3.63) is 35.9 Å². The molecule has 0 radical (unpaired) electrons. The lowest BCUT2D eigenvalue weighted by atomic mass is 10.1. The van der Waals surface area contributed by atoms with E-state index in [0.717, 1.165) is 5.56 Å². The first-order chi connectivity index (χ1) is 9.70. The van der Waals surface area contributed by atoms with Crippen molar-refractivity contribution in [2.75, 3.05) is 27.4 Å². The SMILES string of the molecule is COC1(OC)COCC1NC(=O)OCc1ccccc1. The van der Waals surface area contributed by atoms with Crippen molar-refractivity contribution in [2.24, 2.45) is 0 Å².